The molecule has 1 amide bonds. The van der Waals surface area contributed by atoms with Gasteiger partial charge >= 0.3 is 11.7 Å². The van der Waals surface area contributed by atoms with E-state index >= 15 is 0 Å². The first-order valence-electron chi connectivity index (χ1n) is 8.67. The lowest BCUT2D eigenvalue weighted by atomic mass is 10.0. The normalized spacial score (nSPS) is 10.5. The maximum absolute atomic E-state index is 12.1. The van der Waals surface area contributed by atoms with Gasteiger partial charge in [-0.1, -0.05) is 23.9 Å². The molecule has 1 heterocycles. The Morgan fingerprint density at radius 1 is 1.17 bits per heavy atom. The molecule has 0 spiro atoms. The average Bonchev–Trinajstić information content (AvgIpc) is 3.25. The Morgan fingerprint density at radius 2 is 1.87 bits per heavy atom. The molecule has 154 valence electrons. The van der Waals surface area contributed by atoms with Crippen LogP contribution in [0.15, 0.2) is 47.6 Å². The van der Waals surface area contributed by atoms with Crippen LogP contribution in [0.1, 0.15) is 10.4 Å². The summed E-state index contributed by atoms with van der Waals surface area (Å²) in [4.78, 5) is 43.9. The molecule has 0 atom stereocenters. The van der Waals surface area contributed by atoms with Crippen molar-refractivity contribution < 1.29 is 24.5 Å². The number of carbonyl (C=O) groups excluding carboxylic acids is 1. The van der Waals surface area contributed by atoms with Gasteiger partial charge in [0.05, 0.1) is 10.7 Å². The molecule has 3 aromatic rings. The number of thioether (sulfide) groups is 1. The zero-order valence-corrected chi connectivity index (χ0v) is 16.9. The molecule has 0 aliphatic carbocycles. The van der Waals surface area contributed by atoms with E-state index in [1.54, 1.807) is 49.5 Å². The van der Waals surface area contributed by atoms with Crippen molar-refractivity contribution in [3.63, 3.8) is 0 Å². The average molecular weight is 428 g/mol. The number of nitrogens with zero attached hydrogens (tertiary/aromatic N) is 3. The van der Waals surface area contributed by atoms with Crippen molar-refractivity contribution in [3.05, 3.63) is 52.9 Å². The molecule has 11 heteroatoms. The maximum Gasteiger partial charge on any atom is 0.318 e. The van der Waals surface area contributed by atoms with Gasteiger partial charge in [0, 0.05) is 30.3 Å². The fraction of sp³-hybridized carbons (Fsp3) is 0.158. The van der Waals surface area contributed by atoms with Crippen molar-refractivity contribution in [1.29, 1.82) is 0 Å². The topological polar surface area (TPSA) is 137 Å². The third-order valence-electron chi connectivity index (χ3n) is 4.06. The van der Waals surface area contributed by atoms with Gasteiger partial charge in [-0.25, -0.2) is 9.82 Å². The number of carbonyl (C=O) groups is 2. The minimum Gasteiger partial charge on any atom is -0.481 e. The Hall–Kier alpha value is -3.73. The number of hydrogen-bond acceptors (Lipinski definition) is 7. The second-order valence-corrected chi connectivity index (χ2v) is 6.96. The van der Waals surface area contributed by atoms with E-state index < -0.39 is 5.97 Å². The predicted molar refractivity (Wildman–Crippen MR) is 109 cm³/mol. The summed E-state index contributed by atoms with van der Waals surface area (Å²) in [6, 6.07) is 11.9. The van der Waals surface area contributed by atoms with Crippen molar-refractivity contribution in [3.8, 4) is 22.5 Å². The van der Waals surface area contributed by atoms with Gasteiger partial charge in [0.25, 0.3) is 10.8 Å². The Kier molecular flexibility index (Phi) is 6.42. The van der Waals surface area contributed by atoms with Gasteiger partial charge in [-0.15, -0.1) is 5.10 Å². The summed E-state index contributed by atoms with van der Waals surface area (Å²) in [7, 11) is 2.81. The molecule has 1 aromatic heterocycles. The number of hydrogen-bond donors (Lipinski definition) is 3. The highest BCUT2D eigenvalue weighted by Gasteiger charge is 2.20. The maximum atomic E-state index is 12.1. The molecule has 30 heavy (non-hydrogen) atoms. The predicted octanol–water partition coefficient (Wildman–Crippen LogP) is 2.65. The molecule has 0 bridgehead atoms. The van der Waals surface area contributed by atoms with Crippen LogP contribution in [0.5, 0.6) is 0 Å². The van der Waals surface area contributed by atoms with Crippen LogP contribution < -0.4 is 5.32 Å². The highest BCUT2D eigenvalue weighted by molar-refractivity contribution is 7.99. The molecule has 0 saturated heterocycles. The first-order chi connectivity index (χ1) is 14.4. The third kappa shape index (κ3) is 4.81. The van der Waals surface area contributed by atoms with Crippen LogP contribution >= 0.6 is 11.8 Å². The number of benzene rings is 2. The zero-order valence-electron chi connectivity index (χ0n) is 16.1. The SMILES string of the molecule is CNC(=O)c1ccc(-c2cc(-c3nc(SCC(=O)O)n[nH]3)cc([N+](=O)OC)c2)cc1. The summed E-state index contributed by atoms with van der Waals surface area (Å²) in [6.07, 6.45) is 0. The van der Waals surface area contributed by atoms with Gasteiger partial charge in [-0.3, -0.25) is 14.7 Å². The molecule has 3 rings (SSSR count). The molecule has 0 aliphatic rings. The highest BCUT2D eigenvalue weighted by atomic mass is 32.2. The first kappa shape index (κ1) is 21.0. The lowest BCUT2D eigenvalue weighted by Crippen LogP contribution is -2.17. The number of rotatable bonds is 8. The van der Waals surface area contributed by atoms with Crippen LogP contribution in [0, 0.1) is 4.91 Å². The Morgan fingerprint density at radius 3 is 2.50 bits per heavy atom. The lowest BCUT2D eigenvalue weighted by molar-refractivity contribution is -0.736. The van der Waals surface area contributed by atoms with E-state index in [1.165, 1.54) is 7.11 Å². The molecule has 0 aliphatic heterocycles. The smallest absolute Gasteiger partial charge is 0.318 e. The highest BCUT2D eigenvalue weighted by Crippen LogP contribution is 2.31. The minimum absolute atomic E-state index is 0.168. The fourth-order valence-corrected chi connectivity index (χ4v) is 3.17. The van der Waals surface area contributed by atoms with Gasteiger partial charge in [-0.05, 0) is 29.3 Å². The van der Waals surface area contributed by atoms with Crippen molar-refractivity contribution in [2.24, 2.45) is 0 Å². The van der Waals surface area contributed by atoms with E-state index in [4.69, 9.17) is 9.94 Å². The second-order valence-electron chi connectivity index (χ2n) is 6.01. The summed E-state index contributed by atoms with van der Waals surface area (Å²) >= 11 is 0.978. The van der Waals surface area contributed by atoms with Crippen LogP contribution in [0.3, 0.4) is 0 Å². The molecule has 0 radical (unpaired) electrons. The fourth-order valence-electron chi connectivity index (χ4n) is 2.65. The van der Waals surface area contributed by atoms with Gasteiger partial charge in [0.1, 0.15) is 0 Å². The molecule has 10 nitrogen and oxygen atoms in total. The first-order valence-corrected chi connectivity index (χ1v) is 9.66. The monoisotopic (exact) mass is 428 g/mol. The van der Waals surface area contributed by atoms with Gasteiger partial charge in [-0.2, -0.15) is 0 Å². The van der Waals surface area contributed by atoms with Crippen LogP contribution in [-0.2, 0) is 9.63 Å². The number of H-pyrrole nitrogens is 1. The number of aromatic nitrogens is 3. The number of amides is 1. The summed E-state index contributed by atoms with van der Waals surface area (Å²) < 4.78 is 0. The van der Waals surface area contributed by atoms with Gasteiger partial charge in [0.15, 0.2) is 12.9 Å². The number of aliphatic carboxylic acids is 1. The summed E-state index contributed by atoms with van der Waals surface area (Å²) in [6.45, 7) is 0. The Labute approximate surface area is 175 Å². The minimum atomic E-state index is -0.974. The van der Waals surface area contributed by atoms with Crippen LogP contribution in [0.25, 0.3) is 22.5 Å². The molecular formula is C19H18N5O5S+. The second kappa shape index (κ2) is 9.18. The molecule has 0 unspecified atom stereocenters. The van der Waals surface area contributed by atoms with Crippen molar-refractivity contribution in [2.75, 3.05) is 19.9 Å². The Bertz CT molecular complexity index is 1100. The van der Waals surface area contributed by atoms with E-state index in [-0.39, 0.29) is 22.5 Å². The number of carboxylic acids is 1. The number of carboxylic acid groups (broad SMARTS) is 1. The van der Waals surface area contributed by atoms with Crippen molar-refractivity contribution in [2.45, 2.75) is 5.16 Å². The Balaban J connectivity index is 1.99. The lowest BCUT2D eigenvalue weighted by Gasteiger charge is -2.06. The molecule has 2 aromatic carbocycles. The third-order valence-corrected chi connectivity index (χ3v) is 4.90. The van der Waals surface area contributed by atoms with Crippen LogP contribution in [0.2, 0.25) is 0 Å². The summed E-state index contributed by atoms with van der Waals surface area (Å²) in [5.41, 5.74) is 2.77. The van der Waals surface area contributed by atoms with Gasteiger partial charge < -0.3 is 10.4 Å². The molecule has 0 fully saturated rings. The number of aromatic amines is 1. The zero-order chi connectivity index (χ0) is 21.7. The molecule has 0 saturated carbocycles. The summed E-state index contributed by atoms with van der Waals surface area (Å²) in [5, 5.41) is 18.4. The van der Waals surface area contributed by atoms with E-state index in [9.17, 15) is 14.5 Å². The van der Waals surface area contributed by atoms with Crippen LogP contribution in [0.4, 0.5) is 5.69 Å². The standard InChI is InChI=1S/C19H17N5O5S/c1-20-18(27)12-5-3-11(4-6-12)13-7-14(9-15(8-13)24(28)29-2)17-21-19(23-22-17)30-10-16(25)26/h3-9H,10H2,1-2H3,(H2-,20,21,22,23,25,26,27)/p+1. The quantitative estimate of drug-likeness (QED) is 0.368. The number of nitrogens with one attached hydrogen (secondary N) is 2. The molecular weight excluding hydrogens is 410 g/mol. The van der Waals surface area contributed by atoms with E-state index in [0.717, 1.165) is 17.3 Å². The summed E-state index contributed by atoms with van der Waals surface area (Å²) in [5.74, 6) is -0.970. The van der Waals surface area contributed by atoms with E-state index in [0.29, 0.717) is 27.4 Å². The van der Waals surface area contributed by atoms with Crippen molar-refractivity contribution in [1.82, 2.24) is 20.5 Å². The van der Waals surface area contributed by atoms with Gasteiger partial charge in [0.2, 0.25) is 5.16 Å². The largest absolute Gasteiger partial charge is 0.481 e. The van der Waals surface area contributed by atoms with Crippen LogP contribution in [-0.4, -0.2) is 57.0 Å². The van der Waals surface area contributed by atoms with Crippen molar-refractivity contribution >= 4 is 29.3 Å². The molecule has 3 N–H and O–H groups in total. The van der Waals surface area contributed by atoms with E-state index in [2.05, 4.69) is 20.5 Å². The van der Waals surface area contributed by atoms with E-state index in [1.807, 2.05) is 0 Å².